The van der Waals surface area contributed by atoms with E-state index in [4.69, 9.17) is 18.9 Å². The Morgan fingerprint density at radius 1 is 1.03 bits per heavy atom. The lowest BCUT2D eigenvalue weighted by molar-refractivity contribution is -0.225. The first-order valence-electron chi connectivity index (χ1n) is 13.5. The third kappa shape index (κ3) is 9.12. The number of carbonyl (C=O) groups excluding carboxylic acids is 1. The van der Waals surface area contributed by atoms with E-state index in [-0.39, 0.29) is 36.5 Å². The molecule has 0 aliphatic carbocycles. The minimum absolute atomic E-state index is 0.00937. The normalized spacial score (nSPS) is 31.1. The molecule has 2 rings (SSSR count). The predicted octanol–water partition coefficient (Wildman–Crippen LogP) is 5.57. The van der Waals surface area contributed by atoms with E-state index in [1.807, 2.05) is 0 Å². The summed E-state index contributed by atoms with van der Waals surface area (Å²) in [6.45, 7) is 12.9. The second-order valence-electron chi connectivity index (χ2n) is 10.6. The highest BCUT2D eigenvalue weighted by molar-refractivity contribution is 5.69. The van der Waals surface area contributed by atoms with Crippen LogP contribution in [0.5, 0.6) is 0 Å². The smallest absolute Gasteiger partial charge is 0.306 e. The Morgan fingerprint density at radius 3 is 2.24 bits per heavy atom. The molecule has 1 unspecified atom stereocenters. The molecule has 0 saturated carbocycles. The monoisotopic (exact) mass is 469 g/mol. The SMILES string of the molecule is CC[C@@H](CCC[C@@H](CC)O[C@H]1CC[C@H](N(C)C)C(C)O1)OC(=O)C[C@H](C)[C@@H](C)[C@@H]1O[C@@H]1CC. The lowest BCUT2D eigenvalue weighted by Gasteiger charge is -2.39. The Hall–Kier alpha value is -0.690. The molecular formula is C27H51NO5. The molecule has 2 fully saturated rings. The van der Waals surface area contributed by atoms with Crippen LogP contribution >= 0.6 is 0 Å². The molecular weight excluding hydrogens is 418 g/mol. The first kappa shape index (κ1) is 28.5. The standard InChI is InChI=1S/C27H51NO5/c1-9-21(31-25(29)17-18(4)19(5)27-24(11-3)33-27)13-12-14-22(10-2)32-26-16-15-23(28(7)8)20(6)30-26/h18-24,26-27H,9-17H2,1-8H3/t18-,19+,20?,21-,22+,23-,24+,26-,27-/m0/s1. The molecule has 0 aromatic heterocycles. The van der Waals surface area contributed by atoms with Gasteiger partial charge < -0.3 is 23.8 Å². The molecule has 2 aliphatic heterocycles. The molecule has 0 radical (unpaired) electrons. The van der Waals surface area contributed by atoms with Crippen LogP contribution < -0.4 is 0 Å². The van der Waals surface area contributed by atoms with Crippen LogP contribution in [0.25, 0.3) is 0 Å². The lowest BCUT2D eigenvalue weighted by atomic mass is 9.88. The number of epoxide rings is 1. The lowest BCUT2D eigenvalue weighted by Crippen LogP contribution is -2.46. The van der Waals surface area contributed by atoms with Gasteiger partial charge in [0.2, 0.25) is 0 Å². The summed E-state index contributed by atoms with van der Waals surface area (Å²) in [5.74, 6) is 0.598. The first-order chi connectivity index (χ1) is 15.7. The molecule has 0 bridgehead atoms. The third-order valence-electron chi connectivity index (χ3n) is 7.80. The molecule has 2 heterocycles. The number of hydrogen-bond acceptors (Lipinski definition) is 6. The summed E-state index contributed by atoms with van der Waals surface area (Å²) in [5, 5.41) is 0. The average Bonchev–Trinajstić information content (AvgIpc) is 3.56. The Kier molecular flexibility index (Phi) is 12.1. The zero-order valence-electron chi connectivity index (χ0n) is 22.5. The van der Waals surface area contributed by atoms with E-state index < -0.39 is 0 Å². The highest BCUT2D eigenvalue weighted by Gasteiger charge is 2.43. The van der Waals surface area contributed by atoms with Gasteiger partial charge in [-0.25, -0.2) is 0 Å². The topological polar surface area (TPSA) is 60.5 Å². The summed E-state index contributed by atoms with van der Waals surface area (Å²) in [7, 11) is 4.23. The van der Waals surface area contributed by atoms with Gasteiger partial charge in [-0.1, -0.05) is 34.6 Å². The molecule has 6 heteroatoms. The number of carbonyl (C=O) groups is 1. The maximum absolute atomic E-state index is 12.5. The van der Waals surface area contributed by atoms with E-state index in [0.29, 0.717) is 30.6 Å². The summed E-state index contributed by atoms with van der Waals surface area (Å²) >= 11 is 0. The van der Waals surface area contributed by atoms with Crippen LogP contribution in [0.3, 0.4) is 0 Å². The largest absolute Gasteiger partial charge is 0.462 e. The molecule has 9 atom stereocenters. The molecule has 0 aromatic carbocycles. The van der Waals surface area contributed by atoms with E-state index in [2.05, 4.69) is 60.5 Å². The molecule has 0 N–H and O–H groups in total. The number of ether oxygens (including phenoxy) is 4. The minimum atomic E-state index is -0.104. The number of likely N-dealkylation sites (N-methyl/N-ethyl adjacent to an activating group) is 1. The van der Waals surface area contributed by atoms with E-state index in [9.17, 15) is 4.79 Å². The van der Waals surface area contributed by atoms with E-state index >= 15 is 0 Å². The predicted molar refractivity (Wildman–Crippen MR) is 132 cm³/mol. The van der Waals surface area contributed by atoms with Gasteiger partial charge in [-0.2, -0.15) is 0 Å². The quantitative estimate of drug-likeness (QED) is 0.231. The van der Waals surface area contributed by atoms with Gasteiger partial charge >= 0.3 is 5.97 Å². The summed E-state index contributed by atoms with van der Waals surface area (Å²) in [6.07, 6.45) is 9.21. The highest BCUT2D eigenvalue weighted by Crippen LogP contribution is 2.36. The van der Waals surface area contributed by atoms with Crippen molar-refractivity contribution in [3.8, 4) is 0 Å². The van der Waals surface area contributed by atoms with Crippen molar-refractivity contribution in [2.24, 2.45) is 11.8 Å². The van der Waals surface area contributed by atoms with Gasteiger partial charge in [0.15, 0.2) is 6.29 Å². The van der Waals surface area contributed by atoms with Crippen molar-refractivity contribution in [2.75, 3.05) is 14.1 Å². The number of esters is 1. The fourth-order valence-corrected chi connectivity index (χ4v) is 5.17. The van der Waals surface area contributed by atoms with Gasteiger partial charge in [-0.15, -0.1) is 0 Å². The van der Waals surface area contributed by atoms with Crippen molar-refractivity contribution in [1.29, 1.82) is 0 Å². The molecule has 0 spiro atoms. The van der Waals surface area contributed by atoms with Crippen LogP contribution in [0.1, 0.15) is 99.3 Å². The summed E-state index contributed by atoms with van der Waals surface area (Å²) < 4.78 is 24.0. The van der Waals surface area contributed by atoms with Crippen LogP contribution in [0.2, 0.25) is 0 Å². The third-order valence-corrected chi connectivity index (χ3v) is 7.80. The van der Waals surface area contributed by atoms with Gasteiger partial charge in [0, 0.05) is 12.5 Å². The van der Waals surface area contributed by atoms with Crippen LogP contribution in [0.15, 0.2) is 0 Å². The minimum Gasteiger partial charge on any atom is -0.462 e. The Labute approximate surface area is 203 Å². The van der Waals surface area contributed by atoms with Gasteiger partial charge in [-0.3, -0.25) is 4.79 Å². The molecule has 6 nitrogen and oxygen atoms in total. The Bertz CT molecular complexity index is 571. The molecule has 2 saturated heterocycles. The summed E-state index contributed by atoms with van der Waals surface area (Å²) in [5.41, 5.74) is 0. The molecule has 33 heavy (non-hydrogen) atoms. The number of nitrogens with zero attached hydrogens (tertiary/aromatic N) is 1. The second-order valence-corrected chi connectivity index (χ2v) is 10.6. The zero-order valence-corrected chi connectivity index (χ0v) is 22.5. The maximum Gasteiger partial charge on any atom is 0.306 e. The zero-order chi connectivity index (χ0) is 24.5. The molecule has 2 aliphatic rings. The summed E-state index contributed by atoms with van der Waals surface area (Å²) in [6, 6.07) is 0.459. The van der Waals surface area contributed by atoms with Crippen molar-refractivity contribution < 1.29 is 23.7 Å². The van der Waals surface area contributed by atoms with E-state index in [0.717, 1.165) is 51.4 Å². The van der Waals surface area contributed by atoms with Crippen LogP contribution in [0, 0.1) is 11.8 Å². The Balaban J connectivity index is 1.67. The van der Waals surface area contributed by atoms with Crippen molar-refractivity contribution in [2.45, 2.75) is 142 Å². The van der Waals surface area contributed by atoms with E-state index in [1.165, 1.54) is 0 Å². The van der Waals surface area contributed by atoms with Crippen LogP contribution in [0.4, 0.5) is 0 Å². The van der Waals surface area contributed by atoms with Gasteiger partial charge in [-0.05, 0) is 84.2 Å². The average molecular weight is 470 g/mol. The van der Waals surface area contributed by atoms with Crippen molar-refractivity contribution in [3.63, 3.8) is 0 Å². The highest BCUT2D eigenvalue weighted by atomic mass is 16.7. The van der Waals surface area contributed by atoms with Crippen molar-refractivity contribution in [1.82, 2.24) is 4.90 Å². The molecule has 0 aromatic rings. The van der Waals surface area contributed by atoms with Crippen LogP contribution in [-0.4, -0.2) is 67.8 Å². The Morgan fingerprint density at radius 2 is 1.70 bits per heavy atom. The number of rotatable bonds is 15. The maximum atomic E-state index is 12.5. The fraction of sp³-hybridized carbons (Fsp3) is 0.963. The fourth-order valence-electron chi connectivity index (χ4n) is 5.17. The van der Waals surface area contributed by atoms with E-state index in [1.54, 1.807) is 0 Å². The van der Waals surface area contributed by atoms with Crippen molar-refractivity contribution >= 4 is 5.97 Å². The second kappa shape index (κ2) is 14.0. The summed E-state index contributed by atoms with van der Waals surface area (Å²) in [4.78, 5) is 14.8. The van der Waals surface area contributed by atoms with Crippen LogP contribution in [-0.2, 0) is 23.7 Å². The number of hydrogen-bond donors (Lipinski definition) is 0. The molecule has 194 valence electrons. The first-order valence-corrected chi connectivity index (χ1v) is 13.5. The van der Waals surface area contributed by atoms with Gasteiger partial charge in [0.1, 0.15) is 6.10 Å². The van der Waals surface area contributed by atoms with Gasteiger partial charge in [0.25, 0.3) is 0 Å². The van der Waals surface area contributed by atoms with Gasteiger partial charge in [0.05, 0.1) is 24.4 Å². The van der Waals surface area contributed by atoms with Crippen molar-refractivity contribution in [3.05, 3.63) is 0 Å². The molecule has 0 amide bonds.